The Morgan fingerprint density at radius 3 is 2.63 bits per heavy atom. The van der Waals surface area contributed by atoms with Crippen LogP contribution < -0.4 is 5.56 Å². The lowest BCUT2D eigenvalue weighted by Crippen LogP contribution is -2.23. The highest BCUT2D eigenvalue weighted by Gasteiger charge is 2.16. The monoisotopic (exact) mass is 465 g/mol. The molecule has 0 bridgehead atoms. The summed E-state index contributed by atoms with van der Waals surface area (Å²) in [5.41, 5.74) is 3.71. The molecule has 4 rings (SSSR count). The summed E-state index contributed by atoms with van der Waals surface area (Å²) in [4.78, 5) is 25.1. The van der Waals surface area contributed by atoms with E-state index in [4.69, 9.17) is 9.15 Å². The van der Waals surface area contributed by atoms with Crippen LogP contribution >= 0.6 is 15.9 Å². The predicted octanol–water partition coefficient (Wildman–Crippen LogP) is 5.50. The Bertz CT molecular complexity index is 1290. The molecule has 152 valence electrons. The molecular weight excluding hydrogens is 446 g/mol. The third-order valence-corrected chi connectivity index (χ3v) is 5.90. The van der Waals surface area contributed by atoms with Gasteiger partial charge in [0.1, 0.15) is 18.0 Å². The van der Waals surface area contributed by atoms with Crippen LogP contribution in [0.15, 0.2) is 74.5 Å². The number of esters is 1. The van der Waals surface area contributed by atoms with E-state index in [-0.39, 0.29) is 18.7 Å². The van der Waals surface area contributed by atoms with Crippen molar-refractivity contribution in [2.45, 2.75) is 20.4 Å². The number of halogens is 1. The number of aromatic nitrogens is 1. The summed E-state index contributed by atoms with van der Waals surface area (Å²) in [6.45, 7) is 4.27. The first-order valence-electron chi connectivity index (χ1n) is 9.57. The van der Waals surface area contributed by atoms with Crippen molar-refractivity contribution in [2.75, 3.05) is 6.61 Å². The summed E-state index contributed by atoms with van der Waals surface area (Å²) >= 11 is 3.54. The highest BCUT2D eigenvalue weighted by molar-refractivity contribution is 9.10. The molecule has 0 N–H and O–H groups in total. The largest absolute Gasteiger partial charge is 0.460 e. The summed E-state index contributed by atoms with van der Waals surface area (Å²) in [5, 5.41) is 0.513. The quantitative estimate of drug-likeness (QED) is 0.365. The van der Waals surface area contributed by atoms with Gasteiger partial charge in [0.25, 0.3) is 5.56 Å². The molecule has 0 unspecified atom stereocenters. The fraction of sp³-hybridized carbons (Fsp3) is 0.167. The van der Waals surface area contributed by atoms with Crippen LogP contribution in [0.2, 0.25) is 0 Å². The van der Waals surface area contributed by atoms with Crippen molar-refractivity contribution in [2.24, 2.45) is 0 Å². The van der Waals surface area contributed by atoms with Crippen LogP contribution in [0, 0.1) is 13.8 Å². The fourth-order valence-corrected chi connectivity index (χ4v) is 3.78. The summed E-state index contributed by atoms with van der Waals surface area (Å²) in [7, 11) is 0. The maximum absolute atomic E-state index is 13.0. The number of ether oxygens (including phenoxy) is 1. The number of aryl methyl sites for hydroxylation is 1. The van der Waals surface area contributed by atoms with Crippen molar-refractivity contribution in [1.29, 1.82) is 0 Å². The molecule has 2 aromatic carbocycles. The Morgan fingerprint density at radius 1 is 1.10 bits per heavy atom. The number of rotatable bonds is 5. The first kappa shape index (κ1) is 20.2. The van der Waals surface area contributed by atoms with Gasteiger partial charge in [-0.3, -0.25) is 4.79 Å². The summed E-state index contributed by atoms with van der Waals surface area (Å²) in [5.74, 6) is 0.245. The molecule has 0 spiro atoms. The van der Waals surface area contributed by atoms with Gasteiger partial charge in [-0.2, -0.15) is 0 Å². The second-order valence-corrected chi connectivity index (χ2v) is 7.93. The van der Waals surface area contributed by atoms with Gasteiger partial charge in [-0.1, -0.05) is 46.3 Å². The predicted molar refractivity (Wildman–Crippen MR) is 120 cm³/mol. The van der Waals surface area contributed by atoms with Crippen LogP contribution in [0.3, 0.4) is 0 Å². The van der Waals surface area contributed by atoms with Crippen molar-refractivity contribution in [3.8, 4) is 11.3 Å². The second-order valence-electron chi connectivity index (χ2n) is 7.08. The van der Waals surface area contributed by atoms with Gasteiger partial charge in [-0.05, 0) is 43.7 Å². The Labute approximate surface area is 182 Å². The van der Waals surface area contributed by atoms with Gasteiger partial charge in [0.15, 0.2) is 0 Å². The molecule has 0 aliphatic carbocycles. The average Bonchev–Trinajstić information content (AvgIpc) is 3.20. The molecule has 0 saturated carbocycles. The van der Waals surface area contributed by atoms with E-state index in [2.05, 4.69) is 15.9 Å². The number of benzene rings is 2. The van der Waals surface area contributed by atoms with Crippen molar-refractivity contribution < 1.29 is 13.9 Å². The summed E-state index contributed by atoms with van der Waals surface area (Å²) < 4.78 is 13.9. The Balaban J connectivity index is 1.60. The van der Waals surface area contributed by atoms with E-state index >= 15 is 0 Å². The fourth-order valence-electron chi connectivity index (χ4n) is 3.42. The molecule has 2 heterocycles. The standard InChI is InChI=1S/C24H20BrNO4/c1-15-14-26(11-12-29-24(28)17-7-4-3-5-8-17)23(27)19-13-21(30-22(15)19)18-9-6-10-20(25)16(18)2/h3-10,13-14H,11-12H2,1-2H3. The molecule has 0 fully saturated rings. The summed E-state index contributed by atoms with van der Waals surface area (Å²) in [6.07, 6.45) is 1.74. The number of fused-ring (bicyclic) bond motifs is 1. The normalized spacial score (nSPS) is 11.0. The van der Waals surface area contributed by atoms with E-state index in [0.717, 1.165) is 21.2 Å². The van der Waals surface area contributed by atoms with Gasteiger partial charge < -0.3 is 13.7 Å². The van der Waals surface area contributed by atoms with Crippen LogP contribution in [0.25, 0.3) is 22.3 Å². The smallest absolute Gasteiger partial charge is 0.338 e. The van der Waals surface area contributed by atoms with Crippen molar-refractivity contribution >= 4 is 32.9 Å². The Hall–Kier alpha value is -3.12. The second kappa shape index (κ2) is 8.32. The Kier molecular flexibility index (Phi) is 5.59. The first-order valence-corrected chi connectivity index (χ1v) is 10.4. The van der Waals surface area contributed by atoms with E-state index in [9.17, 15) is 9.59 Å². The molecule has 2 aromatic heterocycles. The highest BCUT2D eigenvalue weighted by Crippen LogP contribution is 2.32. The zero-order valence-electron chi connectivity index (χ0n) is 16.6. The lowest BCUT2D eigenvalue weighted by atomic mass is 10.1. The molecule has 0 atom stereocenters. The number of furan rings is 1. The van der Waals surface area contributed by atoms with Crippen LogP contribution in [0.5, 0.6) is 0 Å². The van der Waals surface area contributed by atoms with Crippen LogP contribution in [-0.4, -0.2) is 17.1 Å². The number of hydrogen-bond donors (Lipinski definition) is 0. The Morgan fingerprint density at radius 2 is 1.87 bits per heavy atom. The number of carbonyl (C=O) groups excluding carboxylic acids is 1. The van der Waals surface area contributed by atoms with Gasteiger partial charge in [0.2, 0.25) is 0 Å². The van der Waals surface area contributed by atoms with Crippen LogP contribution in [0.4, 0.5) is 0 Å². The minimum Gasteiger partial charge on any atom is -0.460 e. The number of hydrogen-bond acceptors (Lipinski definition) is 4. The van der Waals surface area contributed by atoms with Gasteiger partial charge in [0, 0.05) is 21.8 Å². The molecule has 6 heteroatoms. The third-order valence-electron chi connectivity index (χ3n) is 5.04. The molecule has 4 aromatic rings. The minimum atomic E-state index is -0.405. The topological polar surface area (TPSA) is 61.4 Å². The molecule has 0 saturated heterocycles. The molecule has 0 aliphatic heterocycles. The maximum Gasteiger partial charge on any atom is 0.338 e. The van der Waals surface area contributed by atoms with Gasteiger partial charge in [-0.25, -0.2) is 4.79 Å². The van der Waals surface area contributed by atoms with E-state index in [1.54, 1.807) is 41.1 Å². The summed E-state index contributed by atoms with van der Waals surface area (Å²) in [6, 6.07) is 16.4. The van der Waals surface area contributed by atoms with Crippen molar-refractivity contribution in [1.82, 2.24) is 4.57 Å². The molecule has 0 aliphatic rings. The number of pyridine rings is 1. The van der Waals surface area contributed by atoms with E-state index in [1.807, 2.05) is 38.1 Å². The van der Waals surface area contributed by atoms with Gasteiger partial charge in [-0.15, -0.1) is 0 Å². The SMILES string of the molecule is Cc1c(Br)cccc1-c1cc2c(=O)n(CCOC(=O)c3ccccc3)cc(C)c2o1. The molecule has 0 radical (unpaired) electrons. The van der Waals surface area contributed by atoms with Crippen LogP contribution in [-0.2, 0) is 11.3 Å². The van der Waals surface area contributed by atoms with Crippen molar-refractivity contribution in [3.05, 3.63) is 92.3 Å². The van der Waals surface area contributed by atoms with E-state index in [0.29, 0.717) is 22.3 Å². The lowest BCUT2D eigenvalue weighted by molar-refractivity contribution is 0.0490. The van der Waals surface area contributed by atoms with E-state index < -0.39 is 5.97 Å². The molecule has 30 heavy (non-hydrogen) atoms. The first-order chi connectivity index (χ1) is 14.5. The van der Waals surface area contributed by atoms with Crippen molar-refractivity contribution in [3.63, 3.8) is 0 Å². The average molecular weight is 466 g/mol. The van der Waals surface area contributed by atoms with Crippen LogP contribution in [0.1, 0.15) is 21.5 Å². The number of nitrogens with zero attached hydrogens (tertiary/aromatic N) is 1. The molecular formula is C24H20BrNO4. The van der Waals surface area contributed by atoms with E-state index in [1.165, 1.54) is 0 Å². The lowest BCUT2D eigenvalue weighted by Gasteiger charge is -2.08. The zero-order valence-corrected chi connectivity index (χ0v) is 18.2. The maximum atomic E-state index is 13.0. The third kappa shape index (κ3) is 3.83. The minimum absolute atomic E-state index is 0.105. The van der Waals surface area contributed by atoms with Gasteiger partial charge >= 0.3 is 5.97 Å². The van der Waals surface area contributed by atoms with Gasteiger partial charge in [0.05, 0.1) is 17.5 Å². The molecule has 5 nitrogen and oxygen atoms in total. The number of carbonyl (C=O) groups is 1. The highest BCUT2D eigenvalue weighted by atomic mass is 79.9. The molecule has 0 amide bonds. The zero-order chi connectivity index (χ0) is 21.3.